The fourth-order valence-corrected chi connectivity index (χ4v) is 4.15. The summed E-state index contributed by atoms with van der Waals surface area (Å²) < 4.78 is 0. The number of nitrogens with one attached hydrogen (secondary N) is 1. The first-order valence-corrected chi connectivity index (χ1v) is 10.8. The van der Waals surface area contributed by atoms with Crippen molar-refractivity contribution in [3.05, 3.63) is 65.2 Å². The number of carbonyl (C=O) groups excluding carboxylic acids is 4. The first-order chi connectivity index (χ1) is 15.4. The van der Waals surface area contributed by atoms with Gasteiger partial charge in [-0.2, -0.15) is 0 Å². The largest absolute Gasteiger partial charge is 0.336 e. The molecular weight excluding hydrogens is 408 g/mol. The Bertz CT molecular complexity index is 1040. The number of fused-ring (bicyclic) bond motifs is 1. The van der Waals surface area contributed by atoms with Gasteiger partial charge in [0.2, 0.25) is 5.91 Å². The number of benzene rings is 2. The molecule has 2 aliphatic heterocycles. The number of piperazine rings is 1. The number of hydrogen-bond acceptors (Lipinski definition) is 5. The minimum atomic E-state index is -0.978. The number of likely N-dealkylation sites (N-methyl/N-ethyl adjacent to an activating group) is 1. The highest BCUT2D eigenvalue weighted by atomic mass is 16.2. The molecule has 4 amide bonds. The molecule has 1 fully saturated rings. The summed E-state index contributed by atoms with van der Waals surface area (Å²) in [5.74, 6) is -1.60. The quantitative estimate of drug-likeness (QED) is 0.728. The molecule has 4 rings (SSSR count). The van der Waals surface area contributed by atoms with Crippen LogP contribution in [-0.4, -0.2) is 77.6 Å². The monoisotopic (exact) mass is 434 g/mol. The van der Waals surface area contributed by atoms with Crippen LogP contribution in [0.3, 0.4) is 0 Å². The van der Waals surface area contributed by atoms with Gasteiger partial charge in [-0.25, -0.2) is 0 Å². The molecule has 32 heavy (non-hydrogen) atoms. The van der Waals surface area contributed by atoms with Gasteiger partial charge >= 0.3 is 0 Å². The molecule has 1 atom stereocenters. The molecule has 0 saturated carbocycles. The minimum Gasteiger partial charge on any atom is -0.336 e. The van der Waals surface area contributed by atoms with Gasteiger partial charge in [0, 0.05) is 26.2 Å². The standard InChI is InChI=1S/C24H26N4O4/c1-3-20(28-23(31)16-8-4-5-9-17(16)24(28)32)21(29)25-19-11-7-6-10-18(19)22(30)27-14-12-26(2)13-15-27/h4-11,20H,3,12-15H2,1-2H3,(H,25,29). The summed E-state index contributed by atoms with van der Waals surface area (Å²) in [6, 6.07) is 12.4. The Morgan fingerprint density at radius 2 is 1.47 bits per heavy atom. The molecule has 2 heterocycles. The van der Waals surface area contributed by atoms with Crippen molar-refractivity contribution < 1.29 is 19.2 Å². The number of carbonyl (C=O) groups is 4. The van der Waals surface area contributed by atoms with Crippen LogP contribution in [0.4, 0.5) is 5.69 Å². The van der Waals surface area contributed by atoms with Crippen LogP contribution >= 0.6 is 0 Å². The molecule has 0 spiro atoms. The maximum atomic E-state index is 13.2. The predicted octanol–water partition coefficient (Wildman–Crippen LogP) is 2.09. The van der Waals surface area contributed by atoms with Crippen molar-refractivity contribution in [2.24, 2.45) is 0 Å². The van der Waals surface area contributed by atoms with Crippen LogP contribution in [0, 0.1) is 0 Å². The van der Waals surface area contributed by atoms with Gasteiger partial charge in [0.1, 0.15) is 6.04 Å². The summed E-state index contributed by atoms with van der Waals surface area (Å²) >= 11 is 0. The number of nitrogens with zero attached hydrogens (tertiary/aromatic N) is 3. The first-order valence-electron chi connectivity index (χ1n) is 10.8. The lowest BCUT2D eigenvalue weighted by Gasteiger charge is -2.33. The van der Waals surface area contributed by atoms with Crippen molar-refractivity contribution in [1.29, 1.82) is 0 Å². The third kappa shape index (κ3) is 3.89. The Morgan fingerprint density at radius 3 is 2.06 bits per heavy atom. The third-order valence-electron chi connectivity index (χ3n) is 6.03. The van der Waals surface area contributed by atoms with Crippen LogP contribution in [0.2, 0.25) is 0 Å². The molecular formula is C24H26N4O4. The van der Waals surface area contributed by atoms with E-state index in [4.69, 9.17) is 0 Å². The highest BCUT2D eigenvalue weighted by molar-refractivity contribution is 6.23. The van der Waals surface area contributed by atoms with Gasteiger partial charge in [-0.1, -0.05) is 31.2 Å². The lowest BCUT2D eigenvalue weighted by atomic mass is 10.1. The number of amides is 4. The molecule has 1 N–H and O–H groups in total. The zero-order valence-electron chi connectivity index (χ0n) is 18.2. The lowest BCUT2D eigenvalue weighted by Crippen LogP contribution is -2.48. The van der Waals surface area contributed by atoms with E-state index in [-0.39, 0.29) is 12.3 Å². The summed E-state index contributed by atoms with van der Waals surface area (Å²) in [4.78, 5) is 56.9. The summed E-state index contributed by atoms with van der Waals surface area (Å²) in [7, 11) is 2.01. The molecule has 0 bridgehead atoms. The summed E-state index contributed by atoms with van der Waals surface area (Å²) in [5, 5.41) is 2.79. The predicted molar refractivity (Wildman–Crippen MR) is 119 cm³/mol. The van der Waals surface area contributed by atoms with Crippen molar-refractivity contribution in [2.75, 3.05) is 38.5 Å². The zero-order valence-corrected chi connectivity index (χ0v) is 18.2. The molecule has 166 valence electrons. The lowest BCUT2D eigenvalue weighted by molar-refractivity contribution is -0.120. The highest BCUT2D eigenvalue weighted by Gasteiger charge is 2.42. The van der Waals surface area contributed by atoms with E-state index < -0.39 is 23.8 Å². The van der Waals surface area contributed by atoms with Gasteiger partial charge in [0.25, 0.3) is 17.7 Å². The Kier molecular flexibility index (Phi) is 6.05. The van der Waals surface area contributed by atoms with Gasteiger partial charge in [0.15, 0.2) is 0 Å². The van der Waals surface area contributed by atoms with E-state index >= 15 is 0 Å². The number of rotatable bonds is 5. The van der Waals surface area contributed by atoms with Crippen LogP contribution < -0.4 is 5.32 Å². The van der Waals surface area contributed by atoms with Crippen LogP contribution in [-0.2, 0) is 4.79 Å². The molecule has 0 aromatic heterocycles. The second-order valence-electron chi connectivity index (χ2n) is 8.08. The van der Waals surface area contributed by atoms with Crippen LogP contribution in [0.1, 0.15) is 44.4 Å². The van der Waals surface area contributed by atoms with Crippen LogP contribution in [0.5, 0.6) is 0 Å². The van der Waals surface area contributed by atoms with E-state index in [0.29, 0.717) is 35.5 Å². The fourth-order valence-electron chi connectivity index (χ4n) is 4.15. The molecule has 1 saturated heterocycles. The average molecular weight is 434 g/mol. The molecule has 2 aromatic rings. The highest BCUT2D eigenvalue weighted by Crippen LogP contribution is 2.27. The first kappa shape index (κ1) is 21.7. The van der Waals surface area contributed by atoms with E-state index in [1.807, 2.05) is 7.05 Å². The van der Waals surface area contributed by atoms with Gasteiger partial charge < -0.3 is 15.1 Å². The van der Waals surface area contributed by atoms with E-state index in [2.05, 4.69) is 10.2 Å². The third-order valence-corrected chi connectivity index (χ3v) is 6.03. The maximum Gasteiger partial charge on any atom is 0.262 e. The number of imide groups is 1. The molecule has 0 radical (unpaired) electrons. The van der Waals surface area contributed by atoms with Crippen molar-refractivity contribution >= 4 is 29.3 Å². The molecule has 2 aliphatic rings. The van der Waals surface area contributed by atoms with E-state index in [1.54, 1.807) is 60.4 Å². The van der Waals surface area contributed by atoms with E-state index in [9.17, 15) is 19.2 Å². The Labute approximate surface area is 186 Å². The summed E-state index contributed by atoms with van der Waals surface area (Å²) in [5.41, 5.74) is 1.36. The Morgan fingerprint density at radius 1 is 0.906 bits per heavy atom. The Hall–Kier alpha value is -3.52. The SMILES string of the molecule is CCC(C(=O)Nc1ccccc1C(=O)N1CCN(C)CC1)N1C(=O)c2ccccc2C1=O. The molecule has 8 nitrogen and oxygen atoms in total. The van der Waals surface area contributed by atoms with Crippen LogP contribution in [0.15, 0.2) is 48.5 Å². The van der Waals surface area contributed by atoms with Gasteiger partial charge in [-0.3, -0.25) is 24.1 Å². The second kappa shape index (κ2) is 8.92. The smallest absolute Gasteiger partial charge is 0.262 e. The van der Waals surface area contributed by atoms with E-state index in [1.165, 1.54) is 0 Å². The maximum absolute atomic E-state index is 13.2. The summed E-state index contributed by atoms with van der Waals surface area (Å²) in [6.45, 7) is 4.55. The number of para-hydroxylation sites is 1. The van der Waals surface area contributed by atoms with Crippen molar-refractivity contribution in [3.63, 3.8) is 0 Å². The molecule has 0 aliphatic carbocycles. The zero-order chi connectivity index (χ0) is 22.8. The van der Waals surface area contributed by atoms with Gasteiger partial charge in [0.05, 0.1) is 22.4 Å². The molecule has 1 unspecified atom stereocenters. The van der Waals surface area contributed by atoms with Gasteiger partial charge in [-0.05, 0) is 37.7 Å². The second-order valence-corrected chi connectivity index (χ2v) is 8.08. The van der Waals surface area contributed by atoms with E-state index in [0.717, 1.165) is 18.0 Å². The Balaban J connectivity index is 1.55. The average Bonchev–Trinajstić information content (AvgIpc) is 3.05. The van der Waals surface area contributed by atoms with Gasteiger partial charge in [-0.15, -0.1) is 0 Å². The fraction of sp³-hybridized carbons (Fsp3) is 0.333. The minimum absolute atomic E-state index is 0.150. The van der Waals surface area contributed by atoms with Crippen molar-refractivity contribution in [2.45, 2.75) is 19.4 Å². The summed E-state index contributed by atoms with van der Waals surface area (Å²) in [6.07, 6.45) is 0.256. The van der Waals surface area contributed by atoms with Crippen molar-refractivity contribution in [3.8, 4) is 0 Å². The number of hydrogen-bond donors (Lipinski definition) is 1. The molecule has 8 heteroatoms. The normalized spacial score (nSPS) is 17.3. The topological polar surface area (TPSA) is 90.0 Å². The number of anilines is 1. The van der Waals surface area contributed by atoms with Crippen LogP contribution in [0.25, 0.3) is 0 Å². The molecule has 2 aromatic carbocycles. The van der Waals surface area contributed by atoms with Crippen molar-refractivity contribution in [1.82, 2.24) is 14.7 Å².